The molecule has 7 nitrogen and oxygen atoms in total. The molecule has 0 saturated carbocycles. The lowest BCUT2D eigenvalue weighted by atomic mass is 9.92. The number of hydrogen-bond donors (Lipinski definition) is 4. The molecule has 0 unspecified atom stereocenters. The van der Waals surface area contributed by atoms with Crippen LogP contribution in [0.5, 0.6) is 5.75 Å². The number of nitrogens with one attached hydrogen (secondary N) is 2. The summed E-state index contributed by atoms with van der Waals surface area (Å²) in [4.78, 5) is 20.6. The van der Waals surface area contributed by atoms with E-state index in [-0.39, 0.29) is 11.4 Å². The Morgan fingerprint density at radius 3 is 2.34 bits per heavy atom. The van der Waals surface area contributed by atoms with Crippen molar-refractivity contribution >= 4 is 11.6 Å². The molecule has 10 heteroatoms. The third kappa shape index (κ3) is 4.88. The summed E-state index contributed by atoms with van der Waals surface area (Å²) in [5.41, 5.74) is 4.14. The number of H-pyrrole nitrogens is 1. The van der Waals surface area contributed by atoms with E-state index in [1.165, 1.54) is 12.1 Å². The van der Waals surface area contributed by atoms with Crippen LogP contribution in [0.2, 0.25) is 0 Å². The van der Waals surface area contributed by atoms with E-state index >= 15 is 0 Å². The normalized spacial score (nSPS) is 11.9. The van der Waals surface area contributed by atoms with Gasteiger partial charge in [0, 0.05) is 28.1 Å². The lowest BCUT2D eigenvalue weighted by Gasteiger charge is -2.25. The van der Waals surface area contributed by atoms with Gasteiger partial charge in [-0.1, -0.05) is 36.4 Å². The number of aromatic amines is 1. The summed E-state index contributed by atoms with van der Waals surface area (Å²) >= 11 is 0. The number of halogens is 3. The lowest BCUT2D eigenvalue weighted by molar-refractivity contribution is -0.358. The lowest BCUT2D eigenvalue weighted by Crippen LogP contribution is -2.42. The molecular weight excluding hydrogens is 499 g/mol. The van der Waals surface area contributed by atoms with Crippen molar-refractivity contribution in [2.24, 2.45) is 0 Å². The van der Waals surface area contributed by atoms with Crippen LogP contribution in [-0.4, -0.2) is 39.4 Å². The van der Waals surface area contributed by atoms with E-state index in [2.05, 4.69) is 15.3 Å². The van der Waals surface area contributed by atoms with Gasteiger partial charge in [0.1, 0.15) is 17.3 Å². The second-order valence-corrected chi connectivity index (χ2v) is 8.89. The first-order valence-electron chi connectivity index (χ1n) is 11.6. The number of aliphatic hydroxyl groups is 2. The Morgan fingerprint density at radius 1 is 0.974 bits per heavy atom. The highest BCUT2D eigenvalue weighted by Gasteiger charge is 2.54. The van der Waals surface area contributed by atoms with Gasteiger partial charge in [-0.3, -0.25) is 4.79 Å². The molecule has 1 amide bonds. The number of nitrogens with zero attached hydrogens (tertiary/aromatic N) is 1. The molecule has 4 N–H and O–H groups in total. The molecule has 0 aliphatic carbocycles. The molecule has 38 heavy (non-hydrogen) atoms. The number of benzene rings is 3. The van der Waals surface area contributed by atoms with Crippen molar-refractivity contribution in [1.82, 2.24) is 9.97 Å². The zero-order chi connectivity index (χ0) is 27.8. The minimum absolute atomic E-state index is 0.0353. The largest absolute Gasteiger partial charge is 0.496 e. The number of alkyl halides is 3. The number of methoxy groups -OCH3 is 1. The van der Waals surface area contributed by atoms with Crippen molar-refractivity contribution in [3.63, 3.8) is 0 Å². The molecule has 0 bridgehead atoms. The molecule has 0 saturated heterocycles. The van der Waals surface area contributed by atoms with Gasteiger partial charge in [0.05, 0.1) is 7.11 Å². The fourth-order valence-corrected chi connectivity index (χ4v) is 4.28. The van der Waals surface area contributed by atoms with Crippen molar-refractivity contribution in [1.29, 1.82) is 0 Å². The van der Waals surface area contributed by atoms with Gasteiger partial charge >= 0.3 is 6.18 Å². The van der Waals surface area contributed by atoms with Crippen LogP contribution in [0.25, 0.3) is 22.5 Å². The Kier molecular flexibility index (Phi) is 7.05. The molecular formula is C28H26F3N3O4. The average Bonchev–Trinajstić information content (AvgIpc) is 3.25. The summed E-state index contributed by atoms with van der Waals surface area (Å²) in [6.07, 6.45) is -5.32. The standard InChI is InChI=1S/C28H26F3N3O4/c1-15-8-5-6-11-20(15)23-16(2)21(12-13-22(23)38-4)25-32-17(3)24(34-25)26(35)33-19-10-7-9-18(14-19)27(36,37)28(29,30)31/h5-14,36-37H,1-4H3,(H,32,34)(H,33,35). The number of ether oxygens (including phenoxy) is 1. The van der Waals surface area contributed by atoms with E-state index in [1.807, 2.05) is 50.2 Å². The quantitative estimate of drug-likeness (QED) is 0.244. The number of anilines is 1. The fraction of sp³-hybridized carbons (Fsp3) is 0.214. The fourth-order valence-electron chi connectivity index (χ4n) is 4.28. The van der Waals surface area contributed by atoms with E-state index in [4.69, 9.17) is 4.74 Å². The molecule has 0 radical (unpaired) electrons. The van der Waals surface area contributed by atoms with Crippen LogP contribution >= 0.6 is 0 Å². The van der Waals surface area contributed by atoms with Gasteiger partial charge in [0.25, 0.3) is 11.7 Å². The predicted octanol–water partition coefficient (Wildman–Crippen LogP) is 5.63. The first-order chi connectivity index (χ1) is 17.8. The number of hydrogen-bond acceptors (Lipinski definition) is 5. The minimum atomic E-state index is -5.32. The van der Waals surface area contributed by atoms with Gasteiger partial charge in [0.2, 0.25) is 0 Å². The van der Waals surface area contributed by atoms with E-state index in [1.54, 1.807) is 14.0 Å². The Balaban J connectivity index is 1.68. The summed E-state index contributed by atoms with van der Waals surface area (Å²) in [5, 5.41) is 21.6. The maximum Gasteiger partial charge on any atom is 0.447 e. The maximum atomic E-state index is 13.0. The molecule has 0 aliphatic rings. The van der Waals surface area contributed by atoms with Crippen LogP contribution in [0.3, 0.4) is 0 Å². The zero-order valence-corrected chi connectivity index (χ0v) is 21.1. The molecule has 1 aromatic heterocycles. The topological polar surface area (TPSA) is 107 Å². The second kappa shape index (κ2) is 9.96. The third-order valence-corrected chi connectivity index (χ3v) is 6.33. The van der Waals surface area contributed by atoms with Crippen molar-refractivity contribution in [3.05, 3.63) is 88.7 Å². The van der Waals surface area contributed by atoms with E-state index in [0.29, 0.717) is 17.3 Å². The number of carbonyl (C=O) groups is 1. The highest BCUT2D eigenvalue weighted by molar-refractivity contribution is 6.04. The first-order valence-corrected chi connectivity index (χ1v) is 11.6. The summed E-state index contributed by atoms with van der Waals surface area (Å²) in [6.45, 7) is 5.58. The number of imidazole rings is 1. The summed E-state index contributed by atoms with van der Waals surface area (Å²) in [6, 6.07) is 15.8. The second-order valence-electron chi connectivity index (χ2n) is 8.89. The van der Waals surface area contributed by atoms with Crippen LogP contribution in [-0.2, 0) is 5.79 Å². The number of aryl methyl sites for hydroxylation is 2. The van der Waals surface area contributed by atoms with E-state index in [0.717, 1.165) is 39.9 Å². The Morgan fingerprint density at radius 2 is 1.68 bits per heavy atom. The summed E-state index contributed by atoms with van der Waals surface area (Å²) < 4.78 is 44.7. The molecule has 0 fully saturated rings. The smallest absolute Gasteiger partial charge is 0.447 e. The zero-order valence-electron chi connectivity index (χ0n) is 21.1. The minimum Gasteiger partial charge on any atom is -0.496 e. The third-order valence-electron chi connectivity index (χ3n) is 6.33. The van der Waals surface area contributed by atoms with Crippen molar-refractivity contribution in [2.75, 3.05) is 12.4 Å². The summed E-state index contributed by atoms with van der Waals surface area (Å²) in [7, 11) is 1.59. The van der Waals surface area contributed by atoms with Gasteiger partial charge < -0.3 is 25.3 Å². The monoisotopic (exact) mass is 525 g/mol. The highest BCUT2D eigenvalue weighted by Crippen LogP contribution is 2.40. The van der Waals surface area contributed by atoms with Crippen LogP contribution in [0.4, 0.5) is 18.9 Å². The van der Waals surface area contributed by atoms with Crippen LogP contribution in [0.1, 0.15) is 32.9 Å². The molecule has 1 heterocycles. The Bertz CT molecular complexity index is 1510. The molecule has 3 aromatic carbocycles. The molecule has 4 rings (SSSR count). The highest BCUT2D eigenvalue weighted by atomic mass is 19.4. The number of rotatable bonds is 6. The van der Waals surface area contributed by atoms with Crippen LogP contribution in [0, 0.1) is 20.8 Å². The van der Waals surface area contributed by atoms with Gasteiger partial charge in [-0.05, 0) is 61.7 Å². The van der Waals surface area contributed by atoms with Crippen LogP contribution in [0.15, 0.2) is 60.7 Å². The van der Waals surface area contributed by atoms with E-state index in [9.17, 15) is 28.2 Å². The van der Waals surface area contributed by atoms with Crippen molar-refractivity contribution in [3.8, 4) is 28.3 Å². The molecule has 0 spiro atoms. The molecule has 4 aromatic rings. The Labute approximate surface area is 216 Å². The molecule has 198 valence electrons. The number of carbonyl (C=O) groups excluding carboxylic acids is 1. The van der Waals surface area contributed by atoms with Gasteiger partial charge in [-0.2, -0.15) is 13.2 Å². The Hall–Kier alpha value is -4.15. The van der Waals surface area contributed by atoms with Gasteiger partial charge in [-0.25, -0.2) is 4.98 Å². The van der Waals surface area contributed by atoms with Crippen molar-refractivity contribution in [2.45, 2.75) is 32.7 Å². The SMILES string of the molecule is COc1ccc(-c2nc(C(=O)Nc3cccc(C(O)(O)C(F)(F)F)c3)c(C)[nH]2)c(C)c1-c1ccccc1C. The summed E-state index contributed by atoms with van der Waals surface area (Å²) in [5.74, 6) is -3.63. The predicted molar refractivity (Wildman–Crippen MR) is 137 cm³/mol. The first kappa shape index (κ1) is 26.9. The van der Waals surface area contributed by atoms with Crippen molar-refractivity contribution < 1.29 is 32.9 Å². The molecule has 0 aliphatic heterocycles. The average molecular weight is 526 g/mol. The number of amides is 1. The maximum absolute atomic E-state index is 13.0. The van der Waals surface area contributed by atoms with E-state index < -0.39 is 23.4 Å². The van der Waals surface area contributed by atoms with Gasteiger partial charge in [0.15, 0.2) is 0 Å². The van der Waals surface area contributed by atoms with Crippen LogP contribution < -0.4 is 10.1 Å². The molecule has 0 atom stereocenters. The number of aromatic nitrogens is 2. The van der Waals surface area contributed by atoms with Gasteiger partial charge in [-0.15, -0.1) is 0 Å².